The van der Waals surface area contributed by atoms with Crippen molar-refractivity contribution in [2.45, 2.75) is 142 Å². The molecule has 0 amide bonds. The lowest BCUT2D eigenvalue weighted by atomic mass is 10.0. The van der Waals surface area contributed by atoms with Crippen LogP contribution in [0.3, 0.4) is 0 Å². The maximum atomic E-state index is 11.9. The lowest BCUT2D eigenvalue weighted by Gasteiger charge is -2.12. The third kappa shape index (κ3) is 30.5. The van der Waals surface area contributed by atoms with Gasteiger partial charge in [0, 0.05) is 19.3 Å². The van der Waals surface area contributed by atoms with Crippen molar-refractivity contribution >= 4 is 17.7 Å². The van der Waals surface area contributed by atoms with E-state index in [0.29, 0.717) is 12.8 Å². The number of carbonyl (C=O) groups is 3. The van der Waals surface area contributed by atoms with E-state index >= 15 is 0 Å². The van der Waals surface area contributed by atoms with Gasteiger partial charge in [-0.15, -0.1) is 0 Å². The maximum absolute atomic E-state index is 11.9. The van der Waals surface area contributed by atoms with Gasteiger partial charge in [0.15, 0.2) is 5.78 Å². The largest absolute Gasteiger partial charge is 0.463 e. The van der Waals surface area contributed by atoms with Crippen LogP contribution in [0.5, 0.6) is 0 Å². The maximum Gasteiger partial charge on any atom is 0.305 e. The van der Waals surface area contributed by atoms with E-state index in [-0.39, 0.29) is 37.8 Å². The number of ether oxygens (including phenoxy) is 2. The molecule has 0 aromatic heterocycles. The zero-order valence-corrected chi connectivity index (χ0v) is 26.9. The van der Waals surface area contributed by atoms with Crippen LogP contribution in [0.4, 0.5) is 0 Å². The molecule has 0 aliphatic rings. The Morgan fingerprint density at radius 2 is 1.21 bits per heavy atom. The Labute approximate surface area is 256 Å². The summed E-state index contributed by atoms with van der Waals surface area (Å²) in [6, 6.07) is 0. The predicted molar refractivity (Wildman–Crippen MR) is 173 cm³/mol. The quantitative estimate of drug-likeness (QED) is 0.0323. The normalized spacial score (nSPS) is 12.8. The summed E-state index contributed by atoms with van der Waals surface area (Å²) in [5, 5.41) is 9.92. The van der Waals surface area contributed by atoms with E-state index in [1.165, 1.54) is 57.4 Å². The zero-order valence-electron chi connectivity index (χ0n) is 26.9. The van der Waals surface area contributed by atoms with Crippen molar-refractivity contribution in [1.82, 2.24) is 0 Å². The van der Waals surface area contributed by atoms with Crippen LogP contribution in [-0.4, -0.2) is 42.1 Å². The summed E-state index contributed by atoms with van der Waals surface area (Å²) in [6.07, 6.45) is 31.7. The van der Waals surface area contributed by atoms with Gasteiger partial charge in [0.25, 0.3) is 0 Å². The van der Waals surface area contributed by atoms with Gasteiger partial charge >= 0.3 is 11.9 Å². The second-order valence-corrected chi connectivity index (χ2v) is 11.4. The van der Waals surface area contributed by atoms with Crippen LogP contribution in [0.1, 0.15) is 136 Å². The zero-order chi connectivity index (χ0) is 31.1. The number of aliphatic hydroxyl groups is 1. The number of ketones is 1. The van der Waals surface area contributed by atoms with E-state index in [1.54, 1.807) is 6.08 Å². The molecule has 1 N–H and O–H groups in total. The van der Waals surface area contributed by atoms with Gasteiger partial charge in [0.2, 0.25) is 0 Å². The van der Waals surface area contributed by atoms with Gasteiger partial charge in [-0.05, 0) is 50.5 Å². The summed E-state index contributed by atoms with van der Waals surface area (Å²) in [5.41, 5.74) is 0. The molecule has 0 aliphatic heterocycles. The smallest absolute Gasteiger partial charge is 0.305 e. The SMILES string of the molecule is CCCCC/C=C\C/C=C\C/C=C\C=C\C(=O)CCCC(=O)OC[C@@H](O)COC(=O)CCCCCCCCCC(C)C. The molecule has 0 aromatic carbocycles. The minimum absolute atomic E-state index is 0.0511. The number of aliphatic hydroxyl groups excluding tert-OH is 1. The minimum atomic E-state index is -1.05. The van der Waals surface area contributed by atoms with Crippen molar-refractivity contribution in [2.24, 2.45) is 5.92 Å². The van der Waals surface area contributed by atoms with E-state index in [2.05, 4.69) is 45.1 Å². The molecule has 0 bridgehead atoms. The van der Waals surface area contributed by atoms with Crippen LogP contribution in [0, 0.1) is 5.92 Å². The molecular weight excluding hydrogens is 528 g/mol. The molecule has 0 spiro atoms. The summed E-state index contributed by atoms with van der Waals surface area (Å²) >= 11 is 0. The van der Waals surface area contributed by atoms with Gasteiger partial charge in [-0.3, -0.25) is 14.4 Å². The van der Waals surface area contributed by atoms with Gasteiger partial charge in [-0.1, -0.05) is 121 Å². The molecule has 0 rings (SSSR count). The Hall–Kier alpha value is -2.47. The lowest BCUT2D eigenvalue weighted by molar-refractivity contribution is -0.152. The monoisotopic (exact) mass is 588 g/mol. The molecule has 42 heavy (non-hydrogen) atoms. The summed E-state index contributed by atoms with van der Waals surface area (Å²) in [7, 11) is 0. The molecule has 6 heteroatoms. The number of rotatable bonds is 28. The van der Waals surface area contributed by atoms with E-state index < -0.39 is 12.1 Å². The number of allylic oxidation sites excluding steroid dienone is 8. The standard InChI is InChI=1S/C36H60O6/c1-4-5-6-7-8-9-10-11-12-13-16-19-22-26-33(37)27-24-29-36(40)42-31-34(38)30-41-35(39)28-23-20-17-14-15-18-21-25-32(2)3/h8-9,11-12,16,19,22,26,32,34,38H,4-7,10,13-15,17-18,20-21,23-25,27-31H2,1-3H3/b9-8-,12-11-,19-16-,26-22+/t34-/m0/s1. The Kier molecular flexibility index (Phi) is 28.2. The summed E-state index contributed by atoms with van der Waals surface area (Å²) in [4.78, 5) is 35.7. The molecule has 0 saturated heterocycles. The first-order valence-corrected chi connectivity index (χ1v) is 16.5. The fourth-order valence-electron chi connectivity index (χ4n) is 4.16. The fraction of sp³-hybridized carbons (Fsp3) is 0.694. The van der Waals surface area contributed by atoms with Crippen LogP contribution in [0.2, 0.25) is 0 Å². The van der Waals surface area contributed by atoms with E-state index in [4.69, 9.17) is 9.47 Å². The Balaban J connectivity index is 3.72. The molecule has 0 unspecified atom stereocenters. The first-order chi connectivity index (χ1) is 20.3. The first kappa shape index (κ1) is 39.5. The third-order valence-electron chi connectivity index (χ3n) is 6.72. The summed E-state index contributed by atoms with van der Waals surface area (Å²) < 4.78 is 10.1. The van der Waals surface area contributed by atoms with Crippen molar-refractivity contribution in [3.05, 3.63) is 48.6 Å². The second-order valence-electron chi connectivity index (χ2n) is 11.4. The minimum Gasteiger partial charge on any atom is -0.463 e. The van der Waals surface area contributed by atoms with Crippen LogP contribution < -0.4 is 0 Å². The van der Waals surface area contributed by atoms with Crippen molar-refractivity contribution in [3.8, 4) is 0 Å². The molecule has 0 saturated carbocycles. The Bertz CT molecular complexity index is 793. The number of hydrogen-bond acceptors (Lipinski definition) is 6. The van der Waals surface area contributed by atoms with E-state index in [0.717, 1.165) is 44.4 Å². The highest BCUT2D eigenvalue weighted by atomic mass is 16.6. The number of carbonyl (C=O) groups excluding carboxylic acids is 3. The van der Waals surface area contributed by atoms with Gasteiger partial charge in [-0.2, -0.15) is 0 Å². The van der Waals surface area contributed by atoms with Crippen LogP contribution in [0.25, 0.3) is 0 Å². The Morgan fingerprint density at radius 3 is 1.86 bits per heavy atom. The Morgan fingerprint density at radius 1 is 0.643 bits per heavy atom. The van der Waals surface area contributed by atoms with E-state index in [1.807, 2.05) is 12.2 Å². The predicted octanol–water partition coefficient (Wildman–Crippen LogP) is 8.93. The molecular formula is C36H60O6. The van der Waals surface area contributed by atoms with Crippen molar-refractivity contribution < 1.29 is 29.0 Å². The highest BCUT2D eigenvalue weighted by Crippen LogP contribution is 2.13. The third-order valence-corrected chi connectivity index (χ3v) is 6.72. The number of unbranched alkanes of at least 4 members (excludes halogenated alkanes) is 9. The molecule has 0 fully saturated rings. The molecule has 6 nitrogen and oxygen atoms in total. The van der Waals surface area contributed by atoms with Crippen LogP contribution in [-0.2, 0) is 23.9 Å². The molecule has 0 aromatic rings. The molecule has 0 radical (unpaired) electrons. The fourth-order valence-corrected chi connectivity index (χ4v) is 4.16. The molecule has 240 valence electrons. The average molecular weight is 589 g/mol. The van der Waals surface area contributed by atoms with Gasteiger partial charge in [-0.25, -0.2) is 0 Å². The molecule has 0 aliphatic carbocycles. The highest BCUT2D eigenvalue weighted by Gasteiger charge is 2.12. The highest BCUT2D eigenvalue weighted by molar-refractivity contribution is 5.90. The van der Waals surface area contributed by atoms with Crippen molar-refractivity contribution in [2.75, 3.05) is 13.2 Å². The van der Waals surface area contributed by atoms with Crippen LogP contribution >= 0.6 is 0 Å². The van der Waals surface area contributed by atoms with Crippen molar-refractivity contribution in [1.29, 1.82) is 0 Å². The number of esters is 2. The summed E-state index contributed by atoms with van der Waals surface area (Å²) in [5.74, 6) is -0.0924. The van der Waals surface area contributed by atoms with Gasteiger partial charge < -0.3 is 14.6 Å². The van der Waals surface area contributed by atoms with Crippen LogP contribution in [0.15, 0.2) is 48.6 Å². The van der Waals surface area contributed by atoms with Gasteiger partial charge in [0.05, 0.1) is 0 Å². The second kappa shape index (κ2) is 30.0. The molecule has 0 heterocycles. The van der Waals surface area contributed by atoms with Gasteiger partial charge in [0.1, 0.15) is 19.3 Å². The van der Waals surface area contributed by atoms with E-state index in [9.17, 15) is 19.5 Å². The molecule has 1 atom stereocenters. The average Bonchev–Trinajstić information content (AvgIpc) is 2.96. The van der Waals surface area contributed by atoms with Crippen molar-refractivity contribution in [3.63, 3.8) is 0 Å². The summed E-state index contributed by atoms with van der Waals surface area (Å²) in [6.45, 7) is 6.30. The topological polar surface area (TPSA) is 89.9 Å². The number of hydrogen-bond donors (Lipinski definition) is 1. The first-order valence-electron chi connectivity index (χ1n) is 16.5. The lowest BCUT2D eigenvalue weighted by Crippen LogP contribution is -2.25.